The number of carbonyl (C=O) groups excluding carboxylic acids is 1. The third-order valence-corrected chi connectivity index (χ3v) is 3.59. The number of aryl methyl sites for hydroxylation is 1. The van der Waals surface area contributed by atoms with Crippen molar-refractivity contribution in [1.82, 2.24) is 5.32 Å². The first kappa shape index (κ1) is 14.5. The van der Waals surface area contributed by atoms with Crippen LogP contribution in [0, 0.1) is 6.92 Å². The summed E-state index contributed by atoms with van der Waals surface area (Å²) < 4.78 is 0. The first-order valence-corrected chi connectivity index (χ1v) is 7.21. The summed E-state index contributed by atoms with van der Waals surface area (Å²) in [5.74, 6) is -0.0300. The Morgan fingerprint density at radius 3 is 2.76 bits per heavy atom. The van der Waals surface area contributed by atoms with E-state index in [9.17, 15) is 4.79 Å². The summed E-state index contributed by atoms with van der Waals surface area (Å²) >= 11 is 9.32. The Hall–Kier alpha value is -0.540. The fourth-order valence-electron chi connectivity index (χ4n) is 1.56. The molecule has 0 aliphatic rings. The zero-order chi connectivity index (χ0) is 12.8. The monoisotopic (exact) mass is 317 g/mol. The molecule has 1 rings (SSSR count). The maximum absolute atomic E-state index is 12.0. The van der Waals surface area contributed by atoms with Crippen LogP contribution in [-0.2, 0) is 0 Å². The van der Waals surface area contributed by atoms with Gasteiger partial charge in [-0.15, -0.1) is 0 Å². The van der Waals surface area contributed by atoms with Gasteiger partial charge in [-0.1, -0.05) is 34.5 Å². The summed E-state index contributed by atoms with van der Waals surface area (Å²) in [7, 11) is 0. The molecule has 0 aromatic heterocycles. The number of nitrogens with one attached hydrogen (secondary N) is 1. The summed E-state index contributed by atoms with van der Waals surface area (Å²) in [5.41, 5.74) is 1.59. The fraction of sp³-hybridized carbons (Fsp3) is 0.462. The Morgan fingerprint density at radius 2 is 2.24 bits per heavy atom. The van der Waals surface area contributed by atoms with E-state index < -0.39 is 0 Å². The lowest BCUT2D eigenvalue weighted by molar-refractivity contribution is 0.0935. The van der Waals surface area contributed by atoms with Crippen molar-refractivity contribution in [2.75, 3.05) is 5.33 Å². The molecule has 1 N–H and O–H groups in total. The summed E-state index contributed by atoms with van der Waals surface area (Å²) in [6.07, 6.45) is 1.87. The van der Waals surface area contributed by atoms with Crippen LogP contribution in [0.2, 0.25) is 5.02 Å². The predicted molar refractivity (Wildman–Crippen MR) is 76.1 cm³/mol. The van der Waals surface area contributed by atoms with Crippen molar-refractivity contribution in [3.8, 4) is 0 Å². The number of carbonyl (C=O) groups is 1. The van der Waals surface area contributed by atoms with Crippen LogP contribution >= 0.6 is 27.5 Å². The molecule has 0 saturated heterocycles. The molecule has 0 saturated carbocycles. The Kier molecular flexibility index (Phi) is 6.00. The number of amides is 1. The summed E-state index contributed by atoms with van der Waals surface area (Å²) in [5, 5.41) is 4.60. The molecule has 1 unspecified atom stereocenters. The number of hydrogen-bond donors (Lipinski definition) is 1. The molecule has 4 heteroatoms. The minimum absolute atomic E-state index is 0.0300. The molecule has 1 amide bonds. The molecule has 0 bridgehead atoms. The number of halogens is 2. The molecular weight excluding hydrogens is 302 g/mol. The molecule has 1 aromatic carbocycles. The van der Waals surface area contributed by atoms with E-state index in [1.165, 1.54) is 0 Å². The first-order chi connectivity index (χ1) is 8.08. The summed E-state index contributed by atoms with van der Waals surface area (Å²) in [6.45, 7) is 3.97. The lowest BCUT2D eigenvalue weighted by Crippen LogP contribution is -2.34. The molecule has 1 atom stereocenters. The Labute approximate surface area is 116 Å². The second kappa shape index (κ2) is 7.02. The Bertz CT molecular complexity index is 395. The van der Waals surface area contributed by atoms with Gasteiger partial charge < -0.3 is 5.32 Å². The van der Waals surface area contributed by atoms with Gasteiger partial charge in [-0.25, -0.2) is 0 Å². The van der Waals surface area contributed by atoms with E-state index >= 15 is 0 Å². The third-order valence-electron chi connectivity index (χ3n) is 2.71. The Morgan fingerprint density at radius 1 is 1.53 bits per heavy atom. The molecule has 0 spiro atoms. The molecule has 0 aliphatic carbocycles. The third kappa shape index (κ3) is 4.32. The van der Waals surface area contributed by atoms with Gasteiger partial charge in [-0.3, -0.25) is 4.79 Å². The molecule has 2 nitrogen and oxygen atoms in total. The molecule has 0 aliphatic heterocycles. The maximum atomic E-state index is 12.0. The standard InChI is InChI=1S/C13H17BrClNO/c1-3-11(6-7-14)16-13(17)10-4-5-12(15)9(2)8-10/h4-5,8,11H,3,6-7H2,1-2H3,(H,16,17). The van der Waals surface area contributed by atoms with Crippen molar-refractivity contribution in [2.45, 2.75) is 32.7 Å². The number of rotatable bonds is 5. The van der Waals surface area contributed by atoms with Crippen molar-refractivity contribution < 1.29 is 4.79 Å². The van der Waals surface area contributed by atoms with Crippen LogP contribution in [-0.4, -0.2) is 17.3 Å². The number of hydrogen-bond acceptors (Lipinski definition) is 1. The average Bonchev–Trinajstić information content (AvgIpc) is 2.31. The van der Waals surface area contributed by atoms with Crippen molar-refractivity contribution in [1.29, 1.82) is 0 Å². The van der Waals surface area contributed by atoms with Crippen LogP contribution in [0.3, 0.4) is 0 Å². The number of alkyl halides is 1. The molecule has 0 radical (unpaired) electrons. The quantitative estimate of drug-likeness (QED) is 0.819. The van der Waals surface area contributed by atoms with Gasteiger partial charge in [-0.05, 0) is 43.5 Å². The smallest absolute Gasteiger partial charge is 0.251 e. The zero-order valence-electron chi connectivity index (χ0n) is 10.1. The zero-order valence-corrected chi connectivity index (χ0v) is 12.4. The Balaban J connectivity index is 2.72. The lowest BCUT2D eigenvalue weighted by atomic mass is 10.1. The second-order valence-electron chi connectivity index (χ2n) is 4.02. The van der Waals surface area contributed by atoms with E-state index in [0.717, 1.165) is 23.7 Å². The van der Waals surface area contributed by atoms with Crippen molar-refractivity contribution in [3.05, 3.63) is 34.3 Å². The van der Waals surface area contributed by atoms with Crippen LogP contribution in [0.15, 0.2) is 18.2 Å². The van der Waals surface area contributed by atoms with Crippen molar-refractivity contribution >= 4 is 33.4 Å². The average molecular weight is 319 g/mol. The maximum Gasteiger partial charge on any atom is 0.251 e. The fourth-order valence-corrected chi connectivity index (χ4v) is 2.23. The minimum Gasteiger partial charge on any atom is -0.349 e. The van der Waals surface area contributed by atoms with Crippen LogP contribution in [0.4, 0.5) is 0 Å². The van der Waals surface area contributed by atoms with Gasteiger partial charge in [0, 0.05) is 22.0 Å². The summed E-state index contributed by atoms with van der Waals surface area (Å²) in [6, 6.07) is 5.55. The lowest BCUT2D eigenvalue weighted by Gasteiger charge is -2.16. The summed E-state index contributed by atoms with van der Waals surface area (Å²) in [4.78, 5) is 12.0. The van der Waals surface area contributed by atoms with Gasteiger partial charge in [0.15, 0.2) is 0 Å². The van der Waals surface area contributed by atoms with E-state index in [2.05, 4.69) is 28.2 Å². The molecule has 94 valence electrons. The van der Waals surface area contributed by atoms with Gasteiger partial charge in [0.2, 0.25) is 0 Å². The molecule has 1 aromatic rings. The van der Waals surface area contributed by atoms with E-state index in [1.54, 1.807) is 12.1 Å². The van der Waals surface area contributed by atoms with Gasteiger partial charge in [0.1, 0.15) is 0 Å². The van der Waals surface area contributed by atoms with Gasteiger partial charge in [-0.2, -0.15) is 0 Å². The largest absolute Gasteiger partial charge is 0.349 e. The van der Waals surface area contributed by atoms with E-state index in [-0.39, 0.29) is 11.9 Å². The van der Waals surface area contributed by atoms with Gasteiger partial charge in [0.05, 0.1) is 0 Å². The number of benzene rings is 1. The highest BCUT2D eigenvalue weighted by Crippen LogP contribution is 2.16. The normalized spacial score (nSPS) is 12.2. The van der Waals surface area contributed by atoms with Crippen LogP contribution in [0.1, 0.15) is 35.7 Å². The van der Waals surface area contributed by atoms with E-state index in [1.807, 2.05) is 13.0 Å². The topological polar surface area (TPSA) is 29.1 Å². The van der Waals surface area contributed by atoms with Crippen LogP contribution in [0.5, 0.6) is 0 Å². The van der Waals surface area contributed by atoms with Gasteiger partial charge >= 0.3 is 0 Å². The highest BCUT2D eigenvalue weighted by atomic mass is 79.9. The van der Waals surface area contributed by atoms with Crippen molar-refractivity contribution in [2.24, 2.45) is 0 Å². The van der Waals surface area contributed by atoms with Crippen molar-refractivity contribution in [3.63, 3.8) is 0 Å². The second-order valence-corrected chi connectivity index (χ2v) is 5.22. The van der Waals surface area contributed by atoms with Gasteiger partial charge in [0.25, 0.3) is 5.91 Å². The minimum atomic E-state index is -0.0300. The highest BCUT2D eigenvalue weighted by molar-refractivity contribution is 9.09. The first-order valence-electron chi connectivity index (χ1n) is 5.71. The van der Waals surface area contributed by atoms with E-state index in [0.29, 0.717) is 10.6 Å². The van der Waals surface area contributed by atoms with Crippen LogP contribution < -0.4 is 5.32 Å². The molecule has 0 heterocycles. The molecule has 0 fully saturated rings. The SMILES string of the molecule is CCC(CCBr)NC(=O)c1ccc(Cl)c(C)c1. The highest BCUT2D eigenvalue weighted by Gasteiger charge is 2.12. The van der Waals surface area contributed by atoms with Crippen LogP contribution in [0.25, 0.3) is 0 Å². The predicted octanol–water partition coefficient (Wildman–Crippen LogP) is 3.94. The molecule has 17 heavy (non-hydrogen) atoms. The van der Waals surface area contributed by atoms with E-state index in [4.69, 9.17) is 11.6 Å². The molecular formula is C13H17BrClNO.